The fourth-order valence-electron chi connectivity index (χ4n) is 2.72. The molecule has 1 aliphatic heterocycles. The summed E-state index contributed by atoms with van der Waals surface area (Å²) in [6.07, 6.45) is 0. The van der Waals surface area contributed by atoms with Gasteiger partial charge in [0.15, 0.2) is 9.84 Å². The topological polar surface area (TPSA) is 63.2 Å². The van der Waals surface area contributed by atoms with Gasteiger partial charge in [0.25, 0.3) is 5.91 Å². The number of hydrogen-bond acceptors (Lipinski definition) is 3. The summed E-state index contributed by atoms with van der Waals surface area (Å²) in [5.74, 6) is -0.421. The highest BCUT2D eigenvalue weighted by Crippen LogP contribution is 2.20. The molecule has 110 valence electrons. The van der Waals surface area contributed by atoms with E-state index in [1.165, 1.54) is 0 Å². The van der Waals surface area contributed by atoms with E-state index in [9.17, 15) is 13.2 Å². The first-order valence-electron chi connectivity index (χ1n) is 6.43. The lowest BCUT2D eigenvalue weighted by Gasteiger charge is -2.17. The van der Waals surface area contributed by atoms with Gasteiger partial charge in [-0.25, -0.2) is 8.42 Å². The van der Waals surface area contributed by atoms with Gasteiger partial charge in [0, 0.05) is 5.56 Å². The van der Waals surface area contributed by atoms with Crippen LogP contribution >= 0.6 is 11.6 Å². The van der Waals surface area contributed by atoms with Gasteiger partial charge >= 0.3 is 0 Å². The molecule has 6 heteroatoms. The minimum absolute atomic E-state index is 0.0780. The van der Waals surface area contributed by atoms with Gasteiger partial charge in [0.2, 0.25) is 0 Å². The molecule has 1 N–H and O–H groups in total. The summed E-state index contributed by atoms with van der Waals surface area (Å²) < 4.78 is 23.0. The molecule has 0 bridgehead atoms. The second-order valence-corrected chi connectivity index (χ2v) is 8.16. The molecule has 0 radical (unpaired) electrons. The van der Waals surface area contributed by atoms with Crippen LogP contribution in [0.2, 0.25) is 0 Å². The zero-order chi connectivity index (χ0) is 15.1. The average Bonchev–Trinajstić information content (AvgIpc) is 2.49. The third-order valence-electron chi connectivity index (χ3n) is 3.50. The van der Waals surface area contributed by atoms with Gasteiger partial charge in [0.1, 0.15) is 0 Å². The standard InChI is InChI=1S/C14H18ClNO3S/c1-8-4-9(2)13(10(3)5-8)14(17)16-12-7-20(18,19)6-11(12)15/h4-5,11-12H,6-7H2,1-3H3,(H,16,17). The van der Waals surface area contributed by atoms with E-state index in [1.807, 2.05) is 32.9 Å². The molecule has 1 aromatic rings. The molecule has 2 rings (SSSR count). The van der Waals surface area contributed by atoms with Crippen LogP contribution in [0, 0.1) is 20.8 Å². The lowest BCUT2D eigenvalue weighted by molar-refractivity contribution is 0.0940. The van der Waals surface area contributed by atoms with E-state index in [2.05, 4.69) is 5.32 Å². The number of nitrogens with one attached hydrogen (secondary N) is 1. The SMILES string of the molecule is Cc1cc(C)c(C(=O)NC2CS(=O)(=O)CC2Cl)c(C)c1. The van der Waals surface area contributed by atoms with Crippen molar-refractivity contribution in [1.82, 2.24) is 5.32 Å². The number of carbonyl (C=O) groups is 1. The third kappa shape index (κ3) is 3.15. The van der Waals surface area contributed by atoms with E-state index in [-0.39, 0.29) is 17.4 Å². The molecule has 0 aliphatic carbocycles. The summed E-state index contributed by atoms with van der Waals surface area (Å²) in [5, 5.41) is 2.19. The number of aryl methyl sites for hydroxylation is 3. The largest absolute Gasteiger partial charge is 0.347 e. The maximum absolute atomic E-state index is 12.3. The zero-order valence-corrected chi connectivity index (χ0v) is 13.3. The minimum atomic E-state index is -3.15. The summed E-state index contributed by atoms with van der Waals surface area (Å²) in [4.78, 5) is 12.3. The normalized spacial score (nSPS) is 24.6. The highest BCUT2D eigenvalue weighted by molar-refractivity contribution is 7.91. The molecule has 0 saturated carbocycles. The quantitative estimate of drug-likeness (QED) is 0.846. The van der Waals surface area contributed by atoms with Crippen molar-refractivity contribution in [1.29, 1.82) is 0 Å². The number of halogens is 1. The molecule has 1 heterocycles. The van der Waals surface area contributed by atoms with Gasteiger partial charge in [-0.05, 0) is 31.9 Å². The van der Waals surface area contributed by atoms with Crippen LogP contribution in [0.3, 0.4) is 0 Å². The molecular weight excluding hydrogens is 298 g/mol. The molecule has 2 unspecified atom stereocenters. The van der Waals surface area contributed by atoms with Crippen LogP contribution in [-0.2, 0) is 9.84 Å². The summed E-state index contributed by atoms with van der Waals surface area (Å²) >= 11 is 6.01. The third-order valence-corrected chi connectivity index (χ3v) is 5.88. The second kappa shape index (κ2) is 5.37. The fraction of sp³-hybridized carbons (Fsp3) is 0.500. The molecule has 1 fully saturated rings. The van der Waals surface area contributed by atoms with Crippen molar-refractivity contribution in [3.05, 3.63) is 34.4 Å². The number of rotatable bonds is 2. The van der Waals surface area contributed by atoms with Gasteiger partial charge in [-0.3, -0.25) is 4.79 Å². The first-order valence-corrected chi connectivity index (χ1v) is 8.68. The van der Waals surface area contributed by atoms with Crippen LogP contribution in [0.5, 0.6) is 0 Å². The predicted octanol–water partition coefficient (Wildman–Crippen LogP) is 1.75. The van der Waals surface area contributed by atoms with Gasteiger partial charge in [0.05, 0.1) is 22.9 Å². The molecule has 0 spiro atoms. The molecule has 2 atom stereocenters. The lowest BCUT2D eigenvalue weighted by Crippen LogP contribution is -2.41. The van der Waals surface area contributed by atoms with Crippen molar-refractivity contribution < 1.29 is 13.2 Å². The highest BCUT2D eigenvalue weighted by atomic mass is 35.5. The number of amides is 1. The average molecular weight is 316 g/mol. The predicted molar refractivity (Wildman–Crippen MR) is 80.2 cm³/mol. The summed E-state index contributed by atoms with van der Waals surface area (Å²) in [6, 6.07) is 3.35. The molecule has 1 saturated heterocycles. The Morgan fingerprint density at radius 2 is 1.75 bits per heavy atom. The maximum atomic E-state index is 12.3. The van der Waals surface area contributed by atoms with Gasteiger partial charge in [-0.2, -0.15) is 0 Å². The first-order chi connectivity index (χ1) is 9.19. The summed E-state index contributed by atoms with van der Waals surface area (Å²) in [7, 11) is -3.15. The van der Waals surface area contributed by atoms with E-state index >= 15 is 0 Å². The van der Waals surface area contributed by atoms with E-state index in [0.717, 1.165) is 16.7 Å². The Labute approximate surface area is 124 Å². The van der Waals surface area contributed by atoms with Gasteiger partial charge < -0.3 is 5.32 Å². The molecule has 4 nitrogen and oxygen atoms in total. The number of sulfone groups is 1. The van der Waals surface area contributed by atoms with Crippen LogP contribution in [0.15, 0.2) is 12.1 Å². The minimum Gasteiger partial charge on any atom is -0.347 e. The number of alkyl halides is 1. The van der Waals surface area contributed by atoms with E-state index < -0.39 is 21.3 Å². The van der Waals surface area contributed by atoms with Crippen LogP contribution < -0.4 is 5.32 Å². The molecule has 1 amide bonds. The number of carbonyl (C=O) groups excluding carboxylic acids is 1. The molecule has 1 aromatic carbocycles. The molecular formula is C14H18ClNO3S. The van der Waals surface area contributed by atoms with Crippen molar-refractivity contribution >= 4 is 27.3 Å². The Hall–Kier alpha value is -1.07. The number of benzene rings is 1. The Bertz CT molecular complexity index is 631. The Morgan fingerprint density at radius 1 is 1.20 bits per heavy atom. The van der Waals surface area contributed by atoms with E-state index in [0.29, 0.717) is 5.56 Å². The smallest absolute Gasteiger partial charge is 0.252 e. The van der Waals surface area contributed by atoms with Gasteiger partial charge in [-0.15, -0.1) is 11.6 Å². The Morgan fingerprint density at radius 3 is 2.20 bits per heavy atom. The van der Waals surface area contributed by atoms with Crippen molar-refractivity contribution in [3.8, 4) is 0 Å². The van der Waals surface area contributed by atoms with Crippen molar-refractivity contribution in [2.45, 2.75) is 32.2 Å². The molecule has 0 aromatic heterocycles. The van der Waals surface area contributed by atoms with E-state index in [1.54, 1.807) is 0 Å². The van der Waals surface area contributed by atoms with Crippen molar-refractivity contribution in [3.63, 3.8) is 0 Å². The monoisotopic (exact) mass is 315 g/mol. The summed E-state index contributed by atoms with van der Waals surface area (Å²) in [5.41, 5.74) is 3.46. The number of hydrogen-bond donors (Lipinski definition) is 1. The highest BCUT2D eigenvalue weighted by Gasteiger charge is 2.37. The van der Waals surface area contributed by atoms with Crippen LogP contribution in [0.1, 0.15) is 27.0 Å². The van der Waals surface area contributed by atoms with Crippen molar-refractivity contribution in [2.75, 3.05) is 11.5 Å². The van der Waals surface area contributed by atoms with Crippen LogP contribution in [0.25, 0.3) is 0 Å². The van der Waals surface area contributed by atoms with Crippen molar-refractivity contribution in [2.24, 2.45) is 0 Å². The zero-order valence-electron chi connectivity index (χ0n) is 11.7. The van der Waals surface area contributed by atoms with Crippen LogP contribution in [-0.4, -0.2) is 37.2 Å². The Balaban J connectivity index is 2.22. The lowest BCUT2D eigenvalue weighted by atomic mass is 9.99. The maximum Gasteiger partial charge on any atom is 0.252 e. The fourth-order valence-corrected chi connectivity index (χ4v) is 5.27. The second-order valence-electron chi connectivity index (χ2n) is 5.45. The summed E-state index contributed by atoms with van der Waals surface area (Å²) in [6.45, 7) is 5.72. The molecule has 20 heavy (non-hydrogen) atoms. The van der Waals surface area contributed by atoms with Crippen LogP contribution in [0.4, 0.5) is 0 Å². The Kier molecular flexibility index (Phi) is 4.12. The first kappa shape index (κ1) is 15.3. The molecule has 1 aliphatic rings. The van der Waals surface area contributed by atoms with E-state index in [4.69, 9.17) is 11.6 Å². The van der Waals surface area contributed by atoms with Gasteiger partial charge in [-0.1, -0.05) is 17.7 Å².